The van der Waals surface area contributed by atoms with Gasteiger partial charge >= 0.3 is 0 Å². The highest BCUT2D eigenvalue weighted by Crippen LogP contribution is 2.42. The molecule has 0 bridgehead atoms. The van der Waals surface area contributed by atoms with Crippen LogP contribution in [-0.2, 0) is 10.0 Å². The van der Waals surface area contributed by atoms with Crippen molar-refractivity contribution in [3.05, 3.63) is 57.7 Å². The number of benzene rings is 2. The first kappa shape index (κ1) is 19.3. The molecule has 1 atom stereocenters. The summed E-state index contributed by atoms with van der Waals surface area (Å²) in [6.45, 7) is 2.20. The topological polar surface area (TPSA) is 84.4 Å². The molecular weight excluding hydrogens is 518 g/mol. The number of halogens is 2. The van der Waals surface area contributed by atoms with E-state index < -0.39 is 20.7 Å². The molecule has 0 unspecified atom stereocenters. The van der Waals surface area contributed by atoms with Gasteiger partial charge in [0.05, 0.1) is 11.7 Å². The van der Waals surface area contributed by atoms with Crippen molar-refractivity contribution in [2.45, 2.75) is 17.9 Å². The first-order chi connectivity index (χ1) is 13.4. The fourth-order valence-corrected chi connectivity index (χ4v) is 5.54. The van der Waals surface area contributed by atoms with Crippen LogP contribution in [0.2, 0.25) is 0 Å². The Hall–Kier alpha value is -1.99. The number of aromatic nitrogens is 2. The van der Waals surface area contributed by atoms with Gasteiger partial charge in [-0.05, 0) is 41.1 Å². The standard InChI is InChI=1S/C17H14FIN4O3S2/c1-10(11-4-2-3-5-13(11)19)23-9-26-15-7-16(12(18)6-14(15)23)28(24,25)22-17-20-8-21-27-17/h2-8,10H,9H2,1H3,(H,20,21,22)/t10-/m1/s1. The lowest BCUT2D eigenvalue weighted by molar-refractivity contribution is 0.336. The van der Waals surface area contributed by atoms with E-state index in [9.17, 15) is 12.8 Å². The van der Waals surface area contributed by atoms with E-state index in [0.717, 1.165) is 20.7 Å². The van der Waals surface area contributed by atoms with E-state index in [-0.39, 0.29) is 17.9 Å². The monoisotopic (exact) mass is 532 g/mol. The summed E-state index contributed by atoms with van der Waals surface area (Å²) in [5.41, 5.74) is 1.59. The zero-order valence-corrected chi connectivity index (χ0v) is 18.3. The van der Waals surface area contributed by atoms with Crippen molar-refractivity contribution in [1.82, 2.24) is 9.36 Å². The van der Waals surface area contributed by atoms with Crippen molar-refractivity contribution >= 4 is 55.0 Å². The van der Waals surface area contributed by atoms with Gasteiger partial charge in [0, 0.05) is 27.2 Å². The summed E-state index contributed by atoms with van der Waals surface area (Å²) < 4.78 is 52.5. The Balaban J connectivity index is 1.68. The van der Waals surface area contributed by atoms with Crippen molar-refractivity contribution in [1.29, 1.82) is 0 Å². The number of sulfonamides is 1. The van der Waals surface area contributed by atoms with E-state index in [1.165, 1.54) is 18.5 Å². The molecule has 1 N–H and O–H groups in total. The second kappa shape index (κ2) is 7.44. The third kappa shape index (κ3) is 3.53. The molecule has 0 aliphatic carbocycles. The predicted octanol–water partition coefficient (Wildman–Crippen LogP) is 4.00. The maximum atomic E-state index is 14.8. The normalized spacial score (nSPS) is 14.5. The van der Waals surface area contributed by atoms with Gasteiger partial charge in [0.15, 0.2) is 6.73 Å². The van der Waals surface area contributed by atoms with Crippen molar-refractivity contribution in [3.63, 3.8) is 0 Å². The Morgan fingerprint density at radius 1 is 1.36 bits per heavy atom. The molecule has 11 heteroatoms. The average molecular weight is 532 g/mol. The highest BCUT2D eigenvalue weighted by Gasteiger charge is 2.31. The zero-order valence-electron chi connectivity index (χ0n) is 14.5. The van der Waals surface area contributed by atoms with Crippen LogP contribution in [0.15, 0.2) is 47.6 Å². The summed E-state index contributed by atoms with van der Waals surface area (Å²) in [4.78, 5) is 5.16. The largest absolute Gasteiger partial charge is 0.471 e. The van der Waals surface area contributed by atoms with E-state index >= 15 is 0 Å². The summed E-state index contributed by atoms with van der Waals surface area (Å²) in [6, 6.07) is 10.2. The van der Waals surface area contributed by atoms with Crippen LogP contribution in [-0.4, -0.2) is 24.5 Å². The van der Waals surface area contributed by atoms with E-state index in [2.05, 4.69) is 36.7 Å². The van der Waals surface area contributed by atoms with Crippen LogP contribution in [0, 0.1) is 9.39 Å². The van der Waals surface area contributed by atoms with Gasteiger partial charge in [0.2, 0.25) is 5.13 Å². The molecule has 0 saturated carbocycles. The van der Waals surface area contributed by atoms with E-state index in [0.29, 0.717) is 11.4 Å². The van der Waals surface area contributed by atoms with Gasteiger partial charge < -0.3 is 9.64 Å². The predicted molar refractivity (Wildman–Crippen MR) is 113 cm³/mol. The highest BCUT2D eigenvalue weighted by atomic mass is 127. The number of ether oxygens (including phenoxy) is 1. The molecule has 0 saturated heterocycles. The molecule has 146 valence electrons. The molecule has 28 heavy (non-hydrogen) atoms. The number of fused-ring (bicyclic) bond motifs is 1. The fraction of sp³-hybridized carbons (Fsp3) is 0.176. The van der Waals surface area contributed by atoms with Crippen LogP contribution in [0.25, 0.3) is 0 Å². The lowest BCUT2D eigenvalue weighted by Crippen LogP contribution is -2.26. The number of nitrogens with one attached hydrogen (secondary N) is 1. The Labute approximate surface area is 178 Å². The molecule has 1 aromatic heterocycles. The molecule has 4 rings (SSSR count). The molecule has 1 aliphatic rings. The third-order valence-corrected chi connectivity index (χ3v) is 7.42. The number of nitrogens with zero attached hydrogens (tertiary/aromatic N) is 3. The minimum Gasteiger partial charge on any atom is -0.471 e. The number of rotatable bonds is 5. The Kier molecular flexibility index (Phi) is 5.14. The van der Waals surface area contributed by atoms with Crippen molar-refractivity contribution in [2.24, 2.45) is 0 Å². The van der Waals surface area contributed by atoms with Crippen LogP contribution in [0.4, 0.5) is 15.2 Å². The molecule has 0 radical (unpaired) electrons. The smallest absolute Gasteiger partial charge is 0.266 e. The van der Waals surface area contributed by atoms with E-state index in [1.807, 2.05) is 36.1 Å². The summed E-state index contributed by atoms with van der Waals surface area (Å²) in [7, 11) is -4.15. The summed E-state index contributed by atoms with van der Waals surface area (Å²) in [6.07, 6.45) is 1.22. The maximum absolute atomic E-state index is 14.8. The molecule has 2 aromatic carbocycles. The van der Waals surface area contributed by atoms with Gasteiger partial charge in [-0.2, -0.15) is 4.37 Å². The molecule has 1 aliphatic heterocycles. The SMILES string of the molecule is C[C@H](c1ccccc1I)N1COc2cc(S(=O)(=O)Nc3ncns3)c(F)cc21. The fourth-order valence-electron chi connectivity index (χ4n) is 2.97. The number of anilines is 2. The lowest BCUT2D eigenvalue weighted by atomic mass is 10.1. The summed E-state index contributed by atoms with van der Waals surface area (Å²) in [5, 5.41) is 0.0646. The van der Waals surface area contributed by atoms with Crippen molar-refractivity contribution in [3.8, 4) is 5.75 Å². The van der Waals surface area contributed by atoms with Gasteiger partial charge in [-0.1, -0.05) is 18.2 Å². The zero-order chi connectivity index (χ0) is 19.9. The van der Waals surface area contributed by atoms with Crippen LogP contribution in [0.5, 0.6) is 5.75 Å². The van der Waals surface area contributed by atoms with Gasteiger partial charge in [0.25, 0.3) is 10.0 Å². The van der Waals surface area contributed by atoms with Gasteiger partial charge in [-0.3, -0.25) is 4.72 Å². The molecular formula is C17H14FIN4O3S2. The van der Waals surface area contributed by atoms with Crippen LogP contribution in [0.3, 0.4) is 0 Å². The van der Waals surface area contributed by atoms with Gasteiger partial charge in [-0.15, -0.1) is 0 Å². The number of hydrogen-bond acceptors (Lipinski definition) is 7. The van der Waals surface area contributed by atoms with Gasteiger partial charge in [-0.25, -0.2) is 17.8 Å². The summed E-state index contributed by atoms with van der Waals surface area (Å²) >= 11 is 3.12. The quantitative estimate of drug-likeness (QED) is 0.501. The minimum atomic E-state index is -4.15. The first-order valence-electron chi connectivity index (χ1n) is 8.14. The van der Waals surface area contributed by atoms with Gasteiger partial charge in [0.1, 0.15) is 22.8 Å². The second-order valence-corrected chi connectivity index (χ2v) is 9.64. The Bertz CT molecular complexity index is 1130. The third-order valence-electron chi connectivity index (χ3n) is 4.38. The maximum Gasteiger partial charge on any atom is 0.266 e. The van der Waals surface area contributed by atoms with E-state index in [1.54, 1.807) is 0 Å². The molecule has 7 nitrogen and oxygen atoms in total. The van der Waals surface area contributed by atoms with Crippen LogP contribution < -0.4 is 14.4 Å². The van der Waals surface area contributed by atoms with Crippen LogP contribution in [0.1, 0.15) is 18.5 Å². The Morgan fingerprint density at radius 3 is 2.86 bits per heavy atom. The molecule has 0 fully saturated rings. The highest BCUT2D eigenvalue weighted by molar-refractivity contribution is 14.1. The second-order valence-electron chi connectivity index (χ2n) is 6.04. The Morgan fingerprint density at radius 2 is 2.14 bits per heavy atom. The average Bonchev–Trinajstić information content (AvgIpc) is 3.29. The van der Waals surface area contributed by atoms with E-state index in [4.69, 9.17) is 4.74 Å². The molecule has 3 aromatic rings. The molecule has 2 heterocycles. The number of hydrogen-bond donors (Lipinski definition) is 1. The lowest BCUT2D eigenvalue weighted by Gasteiger charge is -2.26. The minimum absolute atomic E-state index is 0.0646. The van der Waals surface area contributed by atoms with Crippen molar-refractivity contribution < 1.29 is 17.5 Å². The first-order valence-corrected chi connectivity index (χ1v) is 11.5. The molecule has 0 amide bonds. The van der Waals surface area contributed by atoms with Crippen LogP contribution >= 0.6 is 34.1 Å². The summed E-state index contributed by atoms with van der Waals surface area (Å²) in [5.74, 6) is -0.543. The van der Waals surface area contributed by atoms with Crippen molar-refractivity contribution in [2.75, 3.05) is 16.4 Å². The molecule has 0 spiro atoms.